The van der Waals surface area contributed by atoms with Crippen LogP contribution < -0.4 is 5.73 Å². The van der Waals surface area contributed by atoms with Crippen LogP contribution in [-0.2, 0) is 16.6 Å². The highest BCUT2D eigenvalue weighted by molar-refractivity contribution is 7.89. The fraction of sp³-hybridized carbons (Fsp3) is 0.429. The molecule has 1 fully saturated rings. The summed E-state index contributed by atoms with van der Waals surface area (Å²) in [4.78, 5) is 0.365. The molecule has 0 bridgehead atoms. The Hall–Kier alpha value is -1.17. The SMILES string of the molecule is C=CCN(C1CC1)S(=O)(=O)c1cccc(CN)c1C. The quantitative estimate of drug-likeness (QED) is 0.808. The maximum Gasteiger partial charge on any atom is 0.243 e. The van der Waals surface area contributed by atoms with Crippen LogP contribution in [0.15, 0.2) is 35.7 Å². The molecular weight excluding hydrogens is 260 g/mol. The Bertz CT molecular complexity index is 577. The van der Waals surface area contributed by atoms with Gasteiger partial charge in [0.2, 0.25) is 10.0 Å². The summed E-state index contributed by atoms with van der Waals surface area (Å²) in [6, 6.07) is 5.40. The monoisotopic (exact) mass is 280 g/mol. The van der Waals surface area contributed by atoms with Gasteiger partial charge < -0.3 is 5.73 Å². The van der Waals surface area contributed by atoms with E-state index in [1.54, 1.807) is 22.5 Å². The first-order valence-electron chi connectivity index (χ1n) is 6.43. The zero-order valence-corrected chi connectivity index (χ0v) is 12.0. The molecular formula is C14H20N2O2S. The van der Waals surface area contributed by atoms with Crippen LogP contribution in [-0.4, -0.2) is 25.3 Å². The Balaban J connectivity index is 2.46. The van der Waals surface area contributed by atoms with Crippen LogP contribution in [0.2, 0.25) is 0 Å². The third kappa shape index (κ3) is 2.73. The van der Waals surface area contributed by atoms with E-state index in [0.717, 1.165) is 24.0 Å². The fourth-order valence-corrected chi connectivity index (χ4v) is 4.15. The average Bonchev–Trinajstić information content (AvgIpc) is 3.20. The predicted molar refractivity (Wildman–Crippen MR) is 76.2 cm³/mol. The number of hydrogen-bond donors (Lipinski definition) is 1. The molecule has 0 heterocycles. The zero-order chi connectivity index (χ0) is 14.0. The topological polar surface area (TPSA) is 63.4 Å². The van der Waals surface area contributed by atoms with E-state index in [1.807, 2.05) is 13.0 Å². The van der Waals surface area contributed by atoms with Gasteiger partial charge in [0, 0.05) is 19.1 Å². The van der Waals surface area contributed by atoms with Crippen molar-refractivity contribution in [2.75, 3.05) is 6.54 Å². The Morgan fingerprint density at radius 2 is 2.16 bits per heavy atom. The van der Waals surface area contributed by atoms with Crippen molar-refractivity contribution in [3.8, 4) is 0 Å². The molecule has 1 aromatic rings. The summed E-state index contributed by atoms with van der Waals surface area (Å²) < 4.78 is 27.0. The number of hydrogen-bond acceptors (Lipinski definition) is 3. The van der Waals surface area contributed by atoms with Gasteiger partial charge in [0.05, 0.1) is 4.90 Å². The Morgan fingerprint density at radius 1 is 1.47 bits per heavy atom. The summed E-state index contributed by atoms with van der Waals surface area (Å²) in [5.41, 5.74) is 7.27. The van der Waals surface area contributed by atoms with E-state index < -0.39 is 10.0 Å². The summed E-state index contributed by atoms with van der Waals surface area (Å²) in [5, 5.41) is 0. The van der Waals surface area contributed by atoms with Gasteiger partial charge in [0.15, 0.2) is 0 Å². The van der Waals surface area contributed by atoms with E-state index in [0.29, 0.717) is 18.0 Å². The van der Waals surface area contributed by atoms with E-state index in [-0.39, 0.29) is 6.04 Å². The molecule has 0 radical (unpaired) electrons. The molecule has 1 aliphatic carbocycles. The molecule has 0 aromatic heterocycles. The molecule has 0 spiro atoms. The smallest absolute Gasteiger partial charge is 0.243 e. The molecule has 0 saturated heterocycles. The van der Waals surface area contributed by atoms with Crippen molar-refractivity contribution in [1.29, 1.82) is 0 Å². The maximum absolute atomic E-state index is 12.7. The molecule has 1 saturated carbocycles. The number of nitrogens with zero attached hydrogens (tertiary/aromatic N) is 1. The van der Waals surface area contributed by atoms with Gasteiger partial charge >= 0.3 is 0 Å². The highest BCUT2D eigenvalue weighted by atomic mass is 32.2. The summed E-state index contributed by atoms with van der Waals surface area (Å²) in [7, 11) is -3.46. The summed E-state index contributed by atoms with van der Waals surface area (Å²) >= 11 is 0. The lowest BCUT2D eigenvalue weighted by atomic mass is 10.1. The normalized spacial score (nSPS) is 15.7. The minimum Gasteiger partial charge on any atom is -0.326 e. The van der Waals surface area contributed by atoms with Crippen molar-refractivity contribution in [1.82, 2.24) is 4.31 Å². The second-order valence-electron chi connectivity index (χ2n) is 4.84. The minimum atomic E-state index is -3.46. The number of nitrogens with two attached hydrogens (primary N) is 1. The minimum absolute atomic E-state index is 0.129. The number of rotatable bonds is 6. The first-order chi connectivity index (χ1) is 9.02. The maximum atomic E-state index is 12.7. The van der Waals surface area contributed by atoms with Crippen LogP contribution in [0.4, 0.5) is 0 Å². The highest BCUT2D eigenvalue weighted by Gasteiger charge is 2.37. The molecule has 5 heteroatoms. The lowest BCUT2D eigenvalue weighted by Gasteiger charge is -2.22. The van der Waals surface area contributed by atoms with Crippen molar-refractivity contribution in [2.24, 2.45) is 5.73 Å². The molecule has 104 valence electrons. The molecule has 1 aromatic carbocycles. The molecule has 4 nitrogen and oxygen atoms in total. The lowest BCUT2D eigenvalue weighted by molar-refractivity contribution is 0.435. The predicted octanol–water partition coefficient (Wildman–Crippen LogP) is 1.79. The van der Waals surface area contributed by atoms with Gasteiger partial charge in [0.25, 0.3) is 0 Å². The summed E-state index contributed by atoms with van der Waals surface area (Å²) in [6.07, 6.45) is 3.50. The van der Waals surface area contributed by atoms with Gasteiger partial charge in [-0.3, -0.25) is 0 Å². The van der Waals surface area contributed by atoms with E-state index in [2.05, 4.69) is 6.58 Å². The van der Waals surface area contributed by atoms with Crippen molar-refractivity contribution in [2.45, 2.75) is 37.2 Å². The second kappa shape index (κ2) is 5.45. The van der Waals surface area contributed by atoms with Crippen LogP contribution in [0.25, 0.3) is 0 Å². The molecule has 2 rings (SSSR count). The molecule has 0 atom stereocenters. The van der Waals surface area contributed by atoms with Crippen LogP contribution in [0, 0.1) is 6.92 Å². The molecule has 19 heavy (non-hydrogen) atoms. The number of sulfonamides is 1. The van der Waals surface area contributed by atoms with Crippen molar-refractivity contribution < 1.29 is 8.42 Å². The van der Waals surface area contributed by atoms with E-state index in [4.69, 9.17) is 5.73 Å². The molecule has 2 N–H and O–H groups in total. The van der Waals surface area contributed by atoms with Gasteiger partial charge in [-0.05, 0) is 37.0 Å². The van der Waals surface area contributed by atoms with Crippen molar-refractivity contribution in [3.63, 3.8) is 0 Å². The third-order valence-corrected chi connectivity index (χ3v) is 5.53. The lowest BCUT2D eigenvalue weighted by Crippen LogP contribution is -2.33. The first-order valence-corrected chi connectivity index (χ1v) is 7.87. The van der Waals surface area contributed by atoms with Gasteiger partial charge in [-0.2, -0.15) is 4.31 Å². The Kier molecular flexibility index (Phi) is 4.08. The third-order valence-electron chi connectivity index (χ3n) is 3.47. The van der Waals surface area contributed by atoms with E-state index in [1.165, 1.54) is 0 Å². The zero-order valence-electron chi connectivity index (χ0n) is 11.2. The van der Waals surface area contributed by atoms with Gasteiger partial charge in [-0.15, -0.1) is 6.58 Å². The summed E-state index contributed by atoms with van der Waals surface area (Å²) in [6.45, 7) is 6.17. The molecule has 0 aliphatic heterocycles. The molecule has 1 aliphatic rings. The van der Waals surface area contributed by atoms with Crippen LogP contribution in [0.5, 0.6) is 0 Å². The largest absolute Gasteiger partial charge is 0.326 e. The molecule has 0 unspecified atom stereocenters. The average molecular weight is 280 g/mol. The highest BCUT2D eigenvalue weighted by Crippen LogP contribution is 2.33. The number of benzene rings is 1. The van der Waals surface area contributed by atoms with Crippen LogP contribution in [0.3, 0.4) is 0 Å². The first kappa shape index (κ1) is 14.2. The van der Waals surface area contributed by atoms with Crippen molar-refractivity contribution in [3.05, 3.63) is 42.0 Å². The van der Waals surface area contributed by atoms with Crippen molar-refractivity contribution >= 4 is 10.0 Å². The van der Waals surface area contributed by atoms with Gasteiger partial charge in [-0.25, -0.2) is 8.42 Å². The molecule has 0 amide bonds. The summed E-state index contributed by atoms with van der Waals surface area (Å²) in [5.74, 6) is 0. The van der Waals surface area contributed by atoms with E-state index >= 15 is 0 Å². The van der Waals surface area contributed by atoms with Gasteiger partial charge in [-0.1, -0.05) is 18.2 Å². The van der Waals surface area contributed by atoms with Gasteiger partial charge in [0.1, 0.15) is 0 Å². The van der Waals surface area contributed by atoms with Crippen LogP contribution >= 0.6 is 0 Å². The standard InChI is InChI=1S/C14H20N2O2S/c1-3-9-16(13-7-8-13)19(17,18)14-6-4-5-12(10-15)11(14)2/h3-6,13H,1,7-10,15H2,2H3. The van der Waals surface area contributed by atoms with E-state index in [9.17, 15) is 8.42 Å². The Labute approximate surface area is 115 Å². The second-order valence-corrected chi connectivity index (χ2v) is 6.70. The fourth-order valence-electron chi connectivity index (χ4n) is 2.22. The van der Waals surface area contributed by atoms with Crippen LogP contribution in [0.1, 0.15) is 24.0 Å². The Morgan fingerprint density at radius 3 is 2.68 bits per heavy atom.